The number of carbonyl (C=O) groups is 2. The van der Waals surface area contributed by atoms with Gasteiger partial charge in [0.05, 0.1) is 43.0 Å². The van der Waals surface area contributed by atoms with E-state index in [9.17, 15) is 39.9 Å². The zero-order valence-corrected chi connectivity index (χ0v) is 48.8. The van der Waals surface area contributed by atoms with Crippen LogP contribution in [0.2, 0.25) is 0 Å². The molecule has 90 heavy (non-hydrogen) atoms. The number of nitrogens with two attached hydrogens (primary N) is 1. The van der Waals surface area contributed by atoms with Crippen LogP contribution in [0.5, 0.6) is 5.88 Å². The van der Waals surface area contributed by atoms with Gasteiger partial charge >= 0.3 is 11.7 Å². The largest absolute Gasteiger partial charge is 0.493 e. The van der Waals surface area contributed by atoms with Crippen LogP contribution in [0.1, 0.15) is 77.9 Å². The first-order chi connectivity index (χ1) is 43.8. The number of fused-ring (bicyclic) bond motifs is 2. The van der Waals surface area contributed by atoms with Gasteiger partial charge in [-0.25, -0.2) is 24.5 Å². The van der Waals surface area contributed by atoms with Crippen LogP contribution in [0.25, 0.3) is 22.3 Å². The molecule has 5 aromatic heterocycles. The van der Waals surface area contributed by atoms with Gasteiger partial charge in [0.2, 0.25) is 17.8 Å². The number of guanidine groups is 1. The van der Waals surface area contributed by atoms with Gasteiger partial charge in [0.25, 0.3) is 5.91 Å². The van der Waals surface area contributed by atoms with E-state index in [1.807, 2.05) is 82.6 Å². The van der Waals surface area contributed by atoms with E-state index < -0.39 is 54.3 Å². The number of aromatic hydroxyl groups is 1. The minimum absolute atomic E-state index is 0.00651. The molecule has 3 amide bonds. The maximum Gasteiger partial charge on any atom is 0.328 e. The lowest BCUT2D eigenvalue weighted by Gasteiger charge is -2.26. The second kappa shape index (κ2) is 24.2. The summed E-state index contributed by atoms with van der Waals surface area (Å²) in [6, 6.07) is 36.4. The minimum Gasteiger partial charge on any atom is -0.493 e. The van der Waals surface area contributed by atoms with Crippen LogP contribution in [0.4, 0.5) is 28.3 Å². The van der Waals surface area contributed by atoms with Crippen LogP contribution in [-0.4, -0.2) is 185 Å². The molecule has 2 aliphatic carbocycles. The van der Waals surface area contributed by atoms with E-state index in [2.05, 4.69) is 79.8 Å². The van der Waals surface area contributed by atoms with Crippen molar-refractivity contribution < 1.29 is 35.1 Å². The molecule has 8 heterocycles. The third-order valence-electron chi connectivity index (χ3n) is 18.5. The van der Waals surface area contributed by atoms with Crippen molar-refractivity contribution in [3.63, 3.8) is 0 Å². The van der Waals surface area contributed by atoms with E-state index >= 15 is 0 Å². The number of aliphatic imine (C=N–C) groups is 1. The first kappa shape index (κ1) is 57.8. The fraction of sp³-hybridized carbons (Fsp3) is 0.365. The van der Waals surface area contributed by atoms with E-state index in [-0.39, 0.29) is 67.1 Å². The number of carbonyl (C=O) groups excluding carboxylic acids is 2. The Morgan fingerprint density at radius 3 is 1.42 bits per heavy atom. The second-order valence-corrected chi connectivity index (χ2v) is 23.8. The molecular formula is C63H69N19O8. The number of H-pyrrole nitrogens is 1. The van der Waals surface area contributed by atoms with Gasteiger partial charge in [0.1, 0.15) is 31.0 Å². The molecule has 0 radical (unpaired) electrons. The maximum atomic E-state index is 14.1. The Balaban J connectivity index is 0.701. The summed E-state index contributed by atoms with van der Waals surface area (Å²) in [5.74, 6) is 0.721. The van der Waals surface area contributed by atoms with Crippen LogP contribution in [0.3, 0.4) is 0 Å². The lowest BCUT2D eigenvalue weighted by molar-refractivity contribution is -0.128. The number of hydrogen-bond acceptors (Lipinski definition) is 20. The van der Waals surface area contributed by atoms with E-state index in [1.54, 1.807) is 21.8 Å². The Kier molecular flexibility index (Phi) is 15.5. The zero-order chi connectivity index (χ0) is 61.7. The third-order valence-corrected chi connectivity index (χ3v) is 18.5. The van der Waals surface area contributed by atoms with Crippen molar-refractivity contribution in [2.45, 2.75) is 98.2 Å². The van der Waals surface area contributed by atoms with E-state index in [0.29, 0.717) is 98.0 Å². The van der Waals surface area contributed by atoms with E-state index in [0.717, 1.165) is 33.0 Å². The summed E-state index contributed by atoms with van der Waals surface area (Å²) in [4.78, 5) is 81.5. The Hall–Kier alpha value is -9.96. The lowest BCUT2D eigenvalue weighted by atomic mass is 9.91. The van der Waals surface area contributed by atoms with Crippen LogP contribution in [-0.2, 0) is 4.79 Å². The SMILES string of the molecule is NC1=NCC(=O)N1[C@H]1C[C@@H](n2cnc3c(NCC(c4ccccc4)c4ccccc4)nc(N4CC[C@@H](NC(=O)N[C@@H]5CCN(c6nc(NCC(c7ccccc7)c7ccccc7)c7ncn([C@@H]8C[C@H](n9c(O)c[nH]c9=O)[C@@H](O)[C@H]8O)c7n6)C5)C4)nc32)[C@H](O)[C@@H]1O. The van der Waals surface area contributed by atoms with Crippen molar-refractivity contribution in [1.29, 1.82) is 0 Å². The molecule has 4 fully saturated rings. The van der Waals surface area contributed by atoms with Crippen molar-refractivity contribution in [2.75, 3.05) is 66.2 Å². The van der Waals surface area contributed by atoms with Gasteiger partial charge in [-0.1, -0.05) is 121 Å². The number of rotatable bonds is 18. The van der Waals surface area contributed by atoms with Gasteiger partial charge in [-0.3, -0.25) is 14.3 Å². The van der Waals surface area contributed by atoms with Crippen molar-refractivity contribution in [3.8, 4) is 5.88 Å². The first-order valence-corrected chi connectivity index (χ1v) is 30.4. The Labute approximate surface area is 515 Å². The second-order valence-electron chi connectivity index (χ2n) is 23.8. The van der Waals surface area contributed by atoms with Gasteiger partial charge in [0, 0.05) is 63.2 Å². The smallest absolute Gasteiger partial charge is 0.328 e. The zero-order valence-electron chi connectivity index (χ0n) is 48.8. The highest BCUT2D eigenvalue weighted by atomic mass is 16.3. The monoisotopic (exact) mass is 1220 g/mol. The average molecular weight is 1220 g/mol. The predicted octanol–water partition coefficient (Wildman–Crippen LogP) is 2.91. The summed E-state index contributed by atoms with van der Waals surface area (Å²) in [7, 11) is 0. The van der Waals surface area contributed by atoms with E-state index in [1.165, 1.54) is 4.90 Å². The van der Waals surface area contributed by atoms with Gasteiger partial charge in [0.15, 0.2) is 39.9 Å². The van der Waals surface area contributed by atoms with Crippen molar-refractivity contribution in [1.82, 2.24) is 64.1 Å². The van der Waals surface area contributed by atoms with Gasteiger partial charge in [-0.05, 0) is 47.9 Å². The van der Waals surface area contributed by atoms with Crippen molar-refractivity contribution in [3.05, 3.63) is 173 Å². The summed E-state index contributed by atoms with van der Waals surface area (Å²) in [6.07, 6.45) is 0.216. The molecule has 5 aliphatic rings. The molecule has 4 aromatic carbocycles. The van der Waals surface area contributed by atoms with Crippen LogP contribution in [0, 0.1) is 0 Å². The molecular weight excluding hydrogens is 1150 g/mol. The first-order valence-electron chi connectivity index (χ1n) is 30.4. The molecule has 0 bridgehead atoms. The topological polar surface area (TPSA) is 357 Å². The molecule has 27 nitrogen and oxygen atoms in total. The van der Waals surface area contributed by atoms with Crippen LogP contribution in [0.15, 0.2) is 150 Å². The maximum absolute atomic E-state index is 14.1. The fourth-order valence-corrected chi connectivity index (χ4v) is 13.9. The highest BCUT2D eigenvalue weighted by molar-refractivity contribution is 6.02. The highest BCUT2D eigenvalue weighted by Gasteiger charge is 2.50. The number of aromatic amines is 1. The molecule has 9 aromatic rings. The quantitative estimate of drug-likeness (QED) is 0.0588. The molecule has 14 rings (SSSR count). The fourth-order valence-electron chi connectivity index (χ4n) is 13.9. The molecule has 2 saturated carbocycles. The number of benzene rings is 4. The number of hydrogen-bond donors (Lipinski definition) is 11. The molecule has 10 atom stereocenters. The molecule has 12 N–H and O–H groups in total. The third kappa shape index (κ3) is 10.9. The van der Waals surface area contributed by atoms with Gasteiger partial charge in [-0.2, -0.15) is 19.9 Å². The summed E-state index contributed by atoms with van der Waals surface area (Å²) >= 11 is 0. The molecule has 0 spiro atoms. The lowest BCUT2D eigenvalue weighted by Crippen LogP contribution is -2.50. The number of aliphatic hydroxyl groups is 4. The number of anilines is 4. The Bertz CT molecular complexity index is 4070. The van der Waals surface area contributed by atoms with Gasteiger partial charge in [-0.15, -0.1) is 0 Å². The summed E-state index contributed by atoms with van der Waals surface area (Å²) in [5, 5.41) is 70.1. The number of nitrogens with zero attached hydrogens (tertiary/aromatic N) is 13. The standard InChI is InChI=1S/C63H69N19O8/c64-59-67-29-47(83)81(59)45-25-43(51(85)53(45)87)79-33-69-49-55(65-27-41(35-13-5-1-6-14-35)36-15-7-2-8-16-36)73-60(75-57(49)79)77-23-21-39(31-77)71-62(89)72-40-22-24-78(32-40)61-74-56(66-28-42(37-17-9-3-10-18-37)38-19-11-4-12-20-38)50-58(76-61)80(34-70-50)44-26-46(54(88)52(44)86)82-48(84)30-68-63(82)90/h1-20,30,33-34,39-46,51-54,84-88H,21-29,31-32H2,(H2,64,67)(H,68,90)(H,65,73,75)(H,66,74,76)(H2,71,72,89)/t39-,40-,43-,44-,45+,46+,51+,52+,53-,54-/m1/s1. The molecule has 2 saturated heterocycles. The average Bonchev–Trinajstić information content (AvgIpc) is 1.77. The number of aromatic nitrogens is 10. The molecule has 3 aliphatic heterocycles. The molecule has 27 heteroatoms. The normalized spacial score (nSPS) is 24.3. The number of aliphatic hydroxyl groups excluding tert-OH is 4. The number of imidazole rings is 3. The van der Waals surface area contributed by atoms with Crippen molar-refractivity contribution >= 4 is 63.8 Å². The van der Waals surface area contributed by atoms with Crippen LogP contribution < -0.4 is 42.5 Å². The number of amides is 3. The number of nitrogens with one attached hydrogen (secondary N) is 5. The summed E-state index contributed by atoms with van der Waals surface area (Å²) in [5.41, 5.74) is 11.5. The molecule has 464 valence electrons. The Morgan fingerprint density at radius 2 is 1.01 bits per heavy atom. The number of urea groups is 1. The van der Waals surface area contributed by atoms with Crippen LogP contribution >= 0.6 is 0 Å². The van der Waals surface area contributed by atoms with Crippen molar-refractivity contribution in [2.24, 2.45) is 10.7 Å². The van der Waals surface area contributed by atoms with Gasteiger partial charge < -0.3 is 76.5 Å². The highest BCUT2D eigenvalue weighted by Crippen LogP contribution is 2.42. The summed E-state index contributed by atoms with van der Waals surface area (Å²) in [6.45, 7) is 2.44. The minimum atomic E-state index is -1.41. The molecule has 0 unspecified atom stereocenters. The predicted molar refractivity (Wildman–Crippen MR) is 334 cm³/mol. The summed E-state index contributed by atoms with van der Waals surface area (Å²) < 4.78 is 4.47. The Morgan fingerprint density at radius 1 is 0.589 bits per heavy atom. The van der Waals surface area contributed by atoms with E-state index in [4.69, 9.17) is 35.6 Å².